The van der Waals surface area contributed by atoms with E-state index >= 15 is 0 Å². The standard InChI is InChI=1S/C18H16ClN5O4S/c1-28-17-5-2-12(6-16(17)24(26)27)8-29-9-18(25)22-14-7-13(19)3-4-15(14)23-11-20-10-21-23/h2-7,10-11H,8-9H2,1H3,(H,22,25). The highest BCUT2D eigenvalue weighted by Gasteiger charge is 2.15. The van der Waals surface area contributed by atoms with Gasteiger partial charge in [0.1, 0.15) is 12.7 Å². The summed E-state index contributed by atoms with van der Waals surface area (Å²) in [5.74, 6) is 0.553. The van der Waals surface area contributed by atoms with Crippen molar-refractivity contribution >= 4 is 40.6 Å². The first kappa shape index (κ1) is 20.6. The molecule has 2 aromatic carbocycles. The summed E-state index contributed by atoms with van der Waals surface area (Å²) < 4.78 is 6.51. The fourth-order valence-corrected chi connectivity index (χ4v) is 3.50. The molecule has 0 unspecified atom stereocenters. The smallest absolute Gasteiger partial charge is 0.311 e. The molecule has 1 amide bonds. The zero-order valence-corrected chi connectivity index (χ0v) is 16.8. The third-order valence-electron chi connectivity index (χ3n) is 3.84. The van der Waals surface area contributed by atoms with Crippen molar-refractivity contribution in [3.05, 3.63) is 69.8 Å². The van der Waals surface area contributed by atoms with E-state index in [-0.39, 0.29) is 23.1 Å². The van der Waals surface area contributed by atoms with Gasteiger partial charge in [0, 0.05) is 16.8 Å². The van der Waals surface area contributed by atoms with E-state index in [1.54, 1.807) is 30.3 Å². The normalized spacial score (nSPS) is 10.6. The summed E-state index contributed by atoms with van der Waals surface area (Å²) in [6, 6.07) is 9.79. The molecule has 3 aromatic rings. The topological polar surface area (TPSA) is 112 Å². The summed E-state index contributed by atoms with van der Waals surface area (Å²) in [6.45, 7) is 0. The van der Waals surface area contributed by atoms with Gasteiger partial charge in [0.25, 0.3) is 0 Å². The second-order valence-corrected chi connectivity index (χ2v) is 7.23. The number of hydrogen-bond donors (Lipinski definition) is 1. The Morgan fingerprint density at radius 1 is 1.34 bits per heavy atom. The number of carbonyl (C=O) groups is 1. The molecule has 3 rings (SSSR count). The van der Waals surface area contributed by atoms with Gasteiger partial charge in [0.15, 0.2) is 5.75 Å². The van der Waals surface area contributed by atoms with Gasteiger partial charge < -0.3 is 10.1 Å². The average Bonchev–Trinajstić information content (AvgIpc) is 3.22. The molecule has 1 aromatic heterocycles. The molecule has 11 heteroatoms. The number of nitrogens with zero attached hydrogens (tertiary/aromatic N) is 4. The Morgan fingerprint density at radius 3 is 2.86 bits per heavy atom. The maximum Gasteiger partial charge on any atom is 0.311 e. The first-order chi connectivity index (χ1) is 14.0. The average molecular weight is 434 g/mol. The lowest BCUT2D eigenvalue weighted by Gasteiger charge is -2.11. The second-order valence-electron chi connectivity index (χ2n) is 5.81. The largest absolute Gasteiger partial charge is 0.490 e. The number of ether oxygens (including phenoxy) is 1. The molecule has 0 saturated heterocycles. The molecule has 1 N–H and O–H groups in total. The minimum atomic E-state index is -0.496. The van der Waals surface area contributed by atoms with Crippen LogP contribution in [0.3, 0.4) is 0 Å². The SMILES string of the molecule is COc1ccc(CSCC(=O)Nc2cc(Cl)ccc2-n2cncn2)cc1[N+](=O)[O-]. The van der Waals surface area contributed by atoms with Crippen molar-refractivity contribution in [3.8, 4) is 11.4 Å². The van der Waals surface area contributed by atoms with E-state index in [0.717, 1.165) is 5.56 Å². The van der Waals surface area contributed by atoms with Crippen molar-refractivity contribution in [2.24, 2.45) is 0 Å². The first-order valence-electron chi connectivity index (χ1n) is 8.31. The van der Waals surface area contributed by atoms with Crippen LogP contribution in [0.15, 0.2) is 49.1 Å². The Morgan fingerprint density at radius 2 is 2.17 bits per heavy atom. The maximum atomic E-state index is 12.4. The van der Waals surface area contributed by atoms with Gasteiger partial charge in [-0.15, -0.1) is 11.8 Å². The van der Waals surface area contributed by atoms with Gasteiger partial charge in [-0.25, -0.2) is 9.67 Å². The molecule has 0 bridgehead atoms. The highest BCUT2D eigenvalue weighted by atomic mass is 35.5. The van der Waals surface area contributed by atoms with Crippen molar-refractivity contribution in [2.45, 2.75) is 5.75 Å². The zero-order valence-electron chi connectivity index (χ0n) is 15.2. The molecule has 0 aliphatic heterocycles. The number of hydrogen-bond acceptors (Lipinski definition) is 7. The Balaban J connectivity index is 1.62. The van der Waals surface area contributed by atoms with Crippen LogP contribution in [0.5, 0.6) is 5.75 Å². The first-order valence-corrected chi connectivity index (χ1v) is 9.84. The van der Waals surface area contributed by atoms with Gasteiger partial charge in [-0.1, -0.05) is 17.7 Å². The highest BCUT2D eigenvalue weighted by Crippen LogP contribution is 2.29. The van der Waals surface area contributed by atoms with Crippen LogP contribution in [0.1, 0.15) is 5.56 Å². The molecule has 0 fully saturated rings. The number of nitro benzene ring substituents is 1. The molecule has 29 heavy (non-hydrogen) atoms. The van der Waals surface area contributed by atoms with E-state index in [1.165, 1.54) is 42.3 Å². The van der Waals surface area contributed by atoms with Gasteiger partial charge >= 0.3 is 5.69 Å². The van der Waals surface area contributed by atoms with E-state index in [0.29, 0.717) is 22.2 Å². The van der Waals surface area contributed by atoms with Gasteiger partial charge in [-0.3, -0.25) is 14.9 Å². The lowest BCUT2D eigenvalue weighted by Crippen LogP contribution is -2.16. The second kappa shape index (κ2) is 9.39. The van der Waals surface area contributed by atoms with E-state index in [1.807, 2.05) is 0 Å². The van der Waals surface area contributed by atoms with Gasteiger partial charge in [0.2, 0.25) is 5.91 Å². The Hall–Kier alpha value is -3.11. The summed E-state index contributed by atoms with van der Waals surface area (Å²) >= 11 is 7.38. The summed E-state index contributed by atoms with van der Waals surface area (Å²) in [7, 11) is 1.38. The van der Waals surface area contributed by atoms with E-state index < -0.39 is 4.92 Å². The van der Waals surface area contributed by atoms with Crippen molar-refractivity contribution in [3.63, 3.8) is 0 Å². The molecule has 1 heterocycles. The molecule has 0 saturated carbocycles. The lowest BCUT2D eigenvalue weighted by atomic mass is 10.2. The van der Waals surface area contributed by atoms with Crippen molar-refractivity contribution in [1.29, 1.82) is 0 Å². The van der Waals surface area contributed by atoms with Crippen molar-refractivity contribution in [1.82, 2.24) is 14.8 Å². The monoisotopic (exact) mass is 433 g/mol. The number of anilines is 1. The number of benzene rings is 2. The minimum Gasteiger partial charge on any atom is -0.490 e. The molecular weight excluding hydrogens is 418 g/mol. The van der Waals surface area contributed by atoms with E-state index in [4.69, 9.17) is 16.3 Å². The molecule has 0 atom stereocenters. The van der Waals surface area contributed by atoms with Gasteiger partial charge in [-0.05, 0) is 29.8 Å². The number of amides is 1. The number of thioether (sulfide) groups is 1. The molecule has 150 valence electrons. The number of nitrogens with one attached hydrogen (secondary N) is 1. The van der Waals surface area contributed by atoms with Crippen LogP contribution in [0.25, 0.3) is 5.69 Å². The predicted octanol–water partition coefficient (Wildman–Crippen LogP) is 3.71. The summed E-state index contributed by atoms with van der Waals surface area (Å²) in [5, 5.41) is 18.5. The number of halogens is 1. The number of nitro groups is 1. The van der Waals surface area contributed by atoms with Gasteiger partial charge in [0.05, 0.1) is 29.2 Å². The van der Waals surface area contributed by atoms with Crippen LogP contribution in [0, 0.1) is 10.1 Å². The number of rotatable bonds is 8. The Labute approximate surface area is 175 Å². The van der Waals surface area contributed by atoms with Crippen LogP contribution in [0.2, 0.25) is 5.02 Å². The van der Waals surface area contributed by atoms with Crippen LogP contribution in [0.4, 0.5) is 11.4 Å². The third kappa shape index (κ3) is 5.24. The fourth-order valence-electron chi connectivity index (χ4n) is 2.56. The minimum absolute atomic E-state index is 0.105. The number of carbonyl (C=O) groups excluding carboxylic acids is 1. The predicted molar refractivity (Wildman–Crippen MR) is 111 cm³/mol. The van der Waals surface area contributed by atoms with E-state index in [2.05, 4.69) is 15.4 Å². The molecule has 0 aliphatic rings. The van der Waals surface area contributed by atoms with Crippen LogP contribution in [-0.4, -0.2) is 38.5 Å². The van der Waals surface area contributed by atoms with Crippen molar-refractivity contribution in [2.75, 3.05) is 18.2 Å². The van der Waals surface area contributed by atoms with Crippen LogP contribution >= 0.6 is 23.4 Å². The van der Waals surface area contributed by atoms with Crippen LogP contribution in [-0.2, 0) is 10.5 Å². The number of methoxy groups -OCH3 is 1. The third-order valence-corrected chi connectivity index (χ3v) is 5.08. The maximum absolute atomic E-state index is 12.4. The molecule has 0 spiro atoms. The summed E-state index contributed by atoms with van der Waals surface area (Å²) in [6.07, 6.45) is 2.91. The zero-order chi connectivity index (χ0) is 20.8. The summed E-state index contributed by atoms with van der Waals surface area (Å²) in [5.41, 5.74) is 1.76. The number of aromatic nitrogens is 3. The Kier molecular flexibility index (Phi) is 6.68. The van der Waals surface area contributed by atoms with Crippen LogP contribution < -0.4 is 10.1 Å². The lowest BCUT2D eigenvalue weighted by molar-refractivity contribution is -0.385. The van der Waals surface area contributed by atoms with E-state index in [9.17, 15) is 14.9 Å². The molecule has 0 aliphatic carbocycles. The van der Waals surface area contributed by atoms with Gasteiger partial charge in [-0.2, -0.15) is 5.10 Å². The molecule has 9 nitrogen and oxygen atoms in total. The summed E-state index contributed by atoms with van der Waals surface area (Å²) in [4.78, 5) is 26.9. The highest BCUT2D eigenvalue weighted by molar-refractivity contribution is 7.99. The fraction of sp³-hybridized carbons (Fsp3) is 0.167. The Bertz CT molecular complexity index is 1030. The quantitative estimate of drug-likeness (QED) is 0.425. The van der Waals surface area contributed by atoms with Crippen molar-refractivity contribution < 1.29 is 14.5 Å². The molecular formula is C18H16ClN5O4S. The molecule has 0 radical (unpaired) electrons.